The molecule has 4 heteroatoms. The minimum Gasteiger partial charge on any atom is -0.392 e. The number of piperidine rings is 1. The second-order valence-electron chi connectivity index (χ2n) is 4.75. The maximum absolute atomic E-state index is 10.2. The normalized spacial score (nSPS) is 22.4. The zero-order chi connectivity index (χ0) is 12.5. The van der Waals surface area contributed by atoms with Crippen LogP contribution in [0.2, 0.25) is 5.02 Å². The third-order valence-electron chi connectivity index (χ3n) is 3.82. The number of hydrogen-bond donors (Lipinski definition) is 1. The molecule has 94 valence electrons. The van der Waals surface area contributed by atoms with Crippen LogP contribution in [0.5, 0.6) is 0 Å². The summed E-state index contributed by atoms with van der Waals surface area (Å²) in [4.78, 5) is 0. The zero-order valence-electron chi connectivity index (χ0n) is 9.87. The fourth-order valence-corrected chi connectivity index (χ4v) is 3.22. The summed E-state index contributed by atoms with van der Waals surface area (Å²) in [6, 6.07) is 7.94. The molecule has 2 rings (SSSR count). The van der Waals surface area contributed by atoms with E-state index in [1.54, 1.807) is 0 Å². The molecule has 1 N–H and O–H groups in total. The quantitative estimate of drug-likeness (QED) is 0.641. The van der Waals surface area contributed by atoms with Crippen LogP contribution in [0.3, 0.4) is 0 Å². The van der Waals surface area contributed by atoms with Gasteiger partial charge < -0.3 is 5.11 Å². The Morgan fingerprint density at radius 3 is 2.29 bits per heavy atom. The van der Waals surface area contributed by atoms with Crippen molar-refractivity contribution in [1.82, 2.24) is 3.11 Å². The molecule has 1 saturated heterocycles. The highest BCUT2D eigenvalue weighted by Crippen LogP contribution is 2.39. The Morgan fingerprint density at radius 1 is 1.29 bits per heavy atom. The molecular formula is C13H17ClINO. The van der Waals surface area contributed by atoms with Gasteiger partial charge in [0.15, 0.2) is 0 Å². The topological polar surface area (TPSA) is 23.5 Å². The lowest BCUT2D eigenvalue weighted by molar-refractivity contribution is 0.0637. The van der Waals surface area contributed by atoms with E-state index >= 15 is 0 Å². The van der Waals surface area contributed by atoms with Gasteiger partial charge in [0.25, 0.3) is 0 Å². The Morgan fingerprint density at radius 2 is 1.82 bits per heavy atom. The molecule has 1 aliphatic heterocycles. The summed E-state index contributed by atoms with van der Waals surface area (Å²) in [6.07, 6.45) is 1.67. The molecule has 1 heterocycles. The molecule has 1 aromatic carbocycles. The van der Waals surface area contributed by atoms with Gasteiger partial charge in [0.1, 0.15) is 0 Å². The van der Waals surface area contributed by atoms with E-state index in [4.69, 9.17) is 11.6 Å². The highest BCUT2D eigenvalue weighted by molar-refractivity contribution is 14.1. The molecular weight excluding hydrogens is 349 g/mol. The smallest absolute Gasteiger partial charge is 0.0609 e. The van der Waals surface area contributed by atoms with Crippen LogP contribution in [0.4, 0.5) is 0 Å². The lowest BCUT2D eigenvalue weighted by Crippen LogP contribution is -2.45. The summed E-state index contributed by atoms with van der Waals surface area (Å²) in [5.74, 6) is 0. The number of benzene rings is 1. The van der Waals surface area contributed by atoms with E-state index in [1.807, 2.05) is 19.1 Å². The fourth-order valence-electron chi connectivity index (χ4n) is 2.61. The van der Waals surface area contributed by atoms with Gasteiger partial charge in [-0.3, -0.25) is 0 Å². The second kappa shape index (κ2) is 5.43. The first kappa shape index (κ1) is 13.6. The van der Waals surface area contributed by atoms with Crippen molar-refractivity contribution in [2.45, 2.75) is 31.3 Å². The highest BCUT2D eigenvalue weighted by atomic mass is 127. The summed E-state index contributed by atoms with van der Waals surface area (Å²) < 4.78 is 2.29. The second-order valence-corrected chi connectivity index (χ2v) is 6.55. The van der Waals surface area contributed by atoms with Crippen LogP contribution in [-0.4, -0.2) is 27.4 Å². The first-order valence-electron chi connectivity index (χ1n) is 5.89. The Balaban J connectivity index is 2.31. The van der Waals surface area contributed by atoms with Crippen LogP contribution in [0.25, 0.3) is 0 Å². The number of rotatable bonds is 2. The fraction of sp³-hybridized carbons (Fsp3) is 0.538. The largest absolute Gasteiger partial charge is 0.392 e. The van der Waals surface area contributed by atoms with Gasteiger partial charge in [-0.15, -0.1) is 0 Å². The van der Waals surface area contributed by atoms with Crippen LogP contribution < -0.4 is 0 Å². The van der Waals surface area contributed by atoms with Crippen LogP contribution in [0.15, 0.2) is 24.3 Å². The predicted octanol–water partition coefficient (Wildman–Crippen LogP) is 3.40. The maximum Gasteiger partial charge on any atom is 0.0609 e. The third kappa shape index (κ3) is 2.78. The summed E-state index contributed by atoms with van der Waals surface area (Å²) in [7, 11) is 0. The van der Waals surface area contributed by atoms with Crippen LogP contribution in [0.1, 0.15) is 25.3 Å². The Hall–Kier alpha value is 0.160. The van der Waals surface area contributed by atoms with Crippen molar-refractivity contribution in [2.24, 2.45) is 0 Å². The molecule has 0 saturated carbocycles. The van der Waals surface area contributed by atoms with Crippen molar-refractivity contribution in [1.29, 1.82) is 0 Å². The molecule has 0 amide bonds. The summed E-state index contributed by atoms with van der Waals surface area (Å²) in [5.41, 5.74) is 1.10. The minimum absolute atomic E-state index is 0.105. The molecule has 0 bridgehead atoms. The molecule has 1 unspecified atom stereocenters. The maximum atomic E-state index is 10.2. The van der Waals surface area contributed by atoms with E-state index in [1.165, 1.54) is 5.56 Å². The molecule has 0 radical (unpaired) electrons. The molecule has 2 nitrogen and oxygen atoms in total. The van der Waals surface area contributed by atoms with Gasteiger partial charge in [0.2, 0.25) is 0 Å². The van der Waals surface area contributed by atoms with Crippen molar-refractivity contribution in [3.63, 3.8) is 0 Å². The Labute approximate surface area is 121 Å². The predicted molar refractivity (Wildman–Crippen MR) is 79.6 cm³/mol. The van der Waals surface area contributed by atoms with E-state index in [0.717, 1.165) is 31.0 Å². The zero-order valence-corrected chi connectivity index (χ0v) is 12.8. The van der Waals surface area contributed by atoms with Gasteiger partial charge in [-0.2, -0.15) is 0 Å². The molecule has 17 heavy (non-hydrogen) atoms. The standard InChI is InChI=1S/C13H17ClINO/c1-10(17)13(6-8-16(15)9-7-13)11-2-4-12(14)5-3-11/h2-5,10,17H,6-9H2,1H3. The first-order valence-corrected chi connectivity index (χ1v) is 7.24. The SMILES string of the molecule is CC(O)C1(c2ccc(Cl)cc2)CCN(I)CC1. The van der Waals surface area contributed by atoms with Crippen LogP contribution in [-0.2, 0) is 5.41 Å². The van der Waals surface area contributed by atoms with Gasteiger partial charge in [-0.25, -0.2) is 3.11 Å². The van der Waals surface area contributed by atoms with Crippen molar-refractivity contribution in [2.75, 3.05) is 13.1 Å². The summed E-state index contributed by atoms with van der Waals surface area (Å²) in [5, 5.41) is 10.9. The number of halogens is 2. The van der Waals surface area contributed by atoms with Gasteiger partial charge >= 0.3 is 0 Å². The number of aliphatic hydroxyl groups excluding tert-OH is 1. The van der Waals surface area contributed by atoms with E-state index in [9.17, 15) is 5.11 Å². The van der Waals surface area contributed by atoms with E-state index < -0.39 is 0 Å². The first-order chi connectivity index (χ1) is 8.04. The van der Waals surface area contributed by atoms with Crippen LogP contribution >= 0.6 is 34.5 Å². The summed E-state index contributed by atoms with van der Waals surface area (Å²) in [6.45, 7) is 3.94. The third-order valence-corrected chi connectivity index (χ3v) is 5.04. The average Bonchev–Trinajstić information content (AvgIpc) is 2.31. The van der Waals surface area contributed by atoms with E-state index in [0.29, 0.717) is 0 Å². The van der Waals surface area contributed by atoms with Crippen molar-refractivity contribution >= 4 is 34.5 Å². The monoisotopic (exact) mass is 365 g/mol. The van der Waals surface area contributed by atoms with E-state index in [2.05, 4.69) is 38.1 Å². The Kier molecular flexibility index (Phi) is 4.34. The van der Waals surface area contributed by atoms with Gasteiger partial charge in [-0.05, 0) is 37.5 Å². The van der Waals surface area contributed by atoms with Gasteiger partial charge in [0.05, 0.1) is 6.10 Å². The number of aliphatic hydroxyl groups is 1. The molecule has 1 aliphatic rings. The van der Waals surface area contributed by atoms with E-state index in [-0.39, 0.29) is 11.5 Å². The van der Waals surface area contributed by atoms with Crippen molar-refractivity contribution < 1.29 is 5.11 Å². The average molecular weight is 366 g/mol. The Bertz CT molecular complexity index is 372. The summed E-state index contributed by atoms with van der Waals surface area (Å²) >= 11 is 8.28. The van der Waals surface area contributed by atoms with Crippen molar-refractivity contribution in [3.05, 3.63) is 34.9 Å². The number of nitrogens with zero attached hydrogens (tertiary/aromatic N) is 1. The molecule has 0 aliphatic carbocycles. The molecule has 0 aromatic heterocycles. The molecule has 1 fully saturated rings. The van der Waals surface area contributed by atoms with Gasteiger partial charge in [0, 0.05) is 46.4 Å². The van der Waals surface area contributed by atoms with Gasteiger partial charge in [-0.1, -0.05) is 23.7 Å². The number of hydrogen-bond acceptors (Lipinski definition) is 2. The highest BCUT2D eigenvalue weighted by Gasteiger charge is 2.39. The molecule has 1 aromatic rings. The lowest BCUT2D eigenvalue weighted by atomic mass is 9.69. The van der Waals surface area contributed by atoms with Crippen molar-refractivity contribution in [3.8, 4) is 0 Å². The minimum atomic E-state index is -0.325. The van der Waals surface area contributed by atoms with Crippen LogP contribution in [0, 0.1) is 0 Å². The lowest BCUT2D eigenvalue weighted by Gasteiger charge is -2.42. The molecule has 1 atom stereocenters. The molecule has 0 spiro atoms.